The van der Waals surface area contributed by atoms with Gasteiger partial charge in [-0.05, 0) is 53.8 Å². The first-order valence-electron chi connectivity index (χ1n) is 11.6. The summed E-state index contributed by atoms with van der Waals surface area (Å²) in [6.07, 6.45) is 4.16. The molecule has 2 aromatic carbocycles. The molecule has 4 aromatic rings. The van der Waals surface area contributed by atoms with Gasteiger partial charge in [-0.1, -0.05) is 29.8 Å². The molecule has 0 amide bonds. The average molecular weight is 488 g/mol. The number of Topliss-reactive ketones (excluding diaryl/α,β-unsaturated/α-hetero) is 1. The van der Waals surface area contributed by atoms with Gasteiger partial charge in [0, 0.05) is 48.7 Å². The summed E-state index contributed by atoms with van der Waals surface area (Å²) in [7, 11) is 0. The number of nitrogen functional groups attached to an aromatic ring is 1. The van der Waals surface area contributed by atoms with Crippen LogP contribution in [0.4, 0.5) is 23.0 Å². The number of aromatic nitrogens is 2. The lowest BCUT2D eigenvalue weighted by Gasteiger charge is -2.29. The minimum atomic E-state index is -0.0261. The number of rotatable bonds is 7. The Morgan fingerprint density at radius 1 is 1.06 bits per heavy atom. The van der Waals surface area contributed by atoms with Crippen molar-refractivity contribution >= 4 is 51.2 Å². The zero-order valence-electron chi connectivity index (χ0n) is 19.2. The monoisotopic (exact) mass is 487 g/mol. The Balaban J connectivity index is 1.29. The van der Waals surface area contributed by atoms with Gasteiger partial charge in [-0.15, -0.1) is 0 Å². The standard InChI is InChI=1S/C27H26ClN5O2/c28-20-16-24(25(34)8-2-18-1-7-23-19(15-18)9-10-30-26(23)29)27(31-17-20)32-21-3-5-22(6-4-21)33-11-13-35-14-12-33/h1,3-7,9-10,15-17H,2,8,11-14H2,(H2,29,30)(H,31,32). The number of halogens is 1. The maximum absolute atomic E-state index is 13.2. The highest BCUT2D eigenvalue weighted by atomic mass is 35.5. The topological polar surface area (TPSA) is 93.4 Å². The van der Waals surface area contributed by atoms with Crippen molar-refractivity contribution in [2.24, 2.45) is 0 Å². The number of nitrogens with two attached hydrogens (primary N) is 1. The van der Waals surface area contributed by atoms with Gasteiger partial charge in [-0.25, -0.2) is 9.97 Å². The maximum atomic E-state index is 13.2. The Bertz CT molecular complexity index is 1350. The summed E-state index contributed by atoms with van der Waals surface area (Å²) in [6, 6.07) is 17.7. The molecule has 2 aromatic heterocycles. The highest BCUT2D eigenvalue weighted by molar-refractivity contribution is 6.31. The summed E-state index contributed by atoms with van der Waals surface area (Å²) in [5, 5.41) is 5.63. The summed E-state index contributed by atoms with van der Waals surface area (Å²) < 4.78 is 5.43. The quantitative estimate of drug-likeness (QED) is 0.343. The number of carbonyl (C=O) groups excluding carboxylic acids is 1. The molecule has 0 bridgehead atoms. The first-order valence-corrected chi connectivity index (χ1v) is 12.0. The summed E-state index contributed by atoms with van der Waals surface area (Å²) in [4.78, 5) is 24.0. The van der Waals surface area contributed by atoms with Crippen LogP contribution in [0, 0.1) is 0 Å². The van der Waals surface area contributed by atoms with Crippen LogP contribution in [0.25, 0.3) is 10.8 Å². The molecule has 0 atom stereocenters. The van der Waals surface area contributed by atoms with Crippen molar-refractivity contribution < 1.29 is 9.53 Å². The smallest absolute Gasteiger partial charge is 0.166 e. The number of carbonyl (C=O) groups is 1. The van der Waals surface area contributed by atoms with E-state index in [0.717, 1.165) is 54.0 Å². The lowest BCUT2D eigenvalue weighted by Crippen LogP contribution is -2.36. The van der Waals surface area contributed by atoms with E-state index in [0.29, 0.717) is 35.1 Å². The van der Waals surface area contributed by atoms with Crippen molar-refractivity contribution in [1.82, 2.24) is 9.97 Å². The minimum absolute atomic E-state index is 0.0261. The summed E-state index contributed by atoms with van der Waals surface area (Å²) >= 11 is 6.19. The maximum Gasteiger partial charge on any atom is 0.166 e. The molecule has 8 heteroatoms. The van der Waals surface area contributed by atoms with Crippen LogP contribution >= 0.6 is 11.6 Å². The molecule has 3 heterocycles. The second kappa shape index (κ2) is 10.3. The Morgan fingerprint density at radius 2 is 1.86 bits per heavy atom. The largest absolute Gasteiger partial charge is 0.383 e. The van der Waals surface area contributed by atoms with E-state index in [4.69, 9.17) is 22.1 Å². The number of aryl methyl sites for hydroxylation is 1. The van der Waals surface area contributed by atoms with Crippen molar-refractivity contribution in [3.8, 4) is 0 Å². The molecule has 0 saturated carbocycles. The predicted molar refractivity (Wildman–Crippen MR) is 141 cm³/mol. The Kier molecular flexibility index (Phi) is 6.79. The second-order valence-corrected chi connectivity index (χ2v) is 8.93. The van der Waals surface area contributed by atoms with Gasteiger partial charge in [0.2, 0.25) is 0 Å². The molecule has 7 nitrogen and oxygen atoms in total. The number of morpholine rings is 1. The van der Waals surface area contributed by atoms with Gasteiger partial charge in [0.25, 0.3) is 0 Å². The van der Waals surface area contributed by atoms with Crippen molar-refractivity contribution in [2.75, 3.05) is 42.3 Å². The Morgan fingerprint density at radius 3 is 2.66 bits per heavy atom. The van der Waals surface area contributed by atoms with E-state index in [-0.39, 0.29) is 5.78 Å². The van der Waals surface area contributed by atoms with Crippen LogP contribution in [0.5, 0.6) is 0 Å². The van der Waals surface area contributed by atoms with Crippen LogP contribution in [-0.4, -0.2) is 42.1 Å². The molecule has 0 spiro atoms. The summed E-state index contributed by atoms with van der Waals surface area (Å²) in [6.45, 7) is 3.24. The first kappa shape index (κ1) is 23.1. The minimum Gasteiger partial charge on any atom is -0.383 e. The third-order valence-electron chi connectivity index (χ3n) is 6.16. The van der Waals surface area contributed by atoms with E-state index in [1.807, 2.05) is 36.4 Å². The molecule has 0 aliphatic carbocycles. The molecule has 1 fully saturated rings. The summed E-state index contributed by atoms with van der Waals surface area (Å²) in [5.41, 5.74) is 9.48. The van der Waals surface area contributed by atoms with E-state index in [9.17, 15) is 4.79 Å². The highest BCUT2D eigenvalue weighted by Gasteiger charge is 2.16. The number of anilines is 4. The third kappa shape index (κ3) is 5.37. The van der Waals surface area contributed by atoms with Gasteiger partial charge >= 0.3 is 0 Å². The van der Waals surface area contributed by atoms with Gasteiger partial charge in [0.05, 0.1) is 23.8 Å². The van der Waals surface area contributed by atoms with Crippen LogP contribution in [0.2, 0.25) is 5.02 Å². The van der Waals surface area contributed by atoms with Crippen molar-refractivity contribution in [2.45, 2.75) is 12.8 Å². The van der Waals surface area contributed by atoms with Gasteiger partial charge in [0.15, 0.2) is 5.78 Å². The van der Waals surface area contributed by atoms with Crippen molar-refractivity contribution in [3.05, 3.63) is 83.1 Å². The number of hydrogen-bond donors (Lipinski definition) is 2. The Hall–Kier alpha value is -3.68. The van der Waals surface area contributed by atoms with Crippen LogP contribution in [0.15, 0.2) is 67.0 Å². The fourth-order valence-electron chi connectivity index (χ4n) is 4.26. The molecular formula is C27H26ClN5O2. The molecule has 0 radical (unpaired) electrons. The zero-order chi connectivity index (χ0) is 24.2. The van der Waals surface area contributed by atoms with Crippen LogP contribution < -0.4 is 16.0 Å². The van der Waals surface area contributed by atoms with E-state index < -0.39 is 0 Å². The van der Waals surface area contributed by atoms with Gasteiger partial charge in [-0.3, -0.25) is 4.79 Å². The first-order chi connectivity index (χ1) is 17.1. The van der Waals surface area contributed by atoms with Gasteiger partial charge in [-0.2, -0.15) is 0 Å². The van der Waals surface area contributed by atoms with Crippen LogP contribution in [0.1, 0.15) is 22.3 Å². The molecule has 1 aliphatic rings. The molecule has 178 valence electrons. The molecule has 1 saturated heterocycles. The lowest BCUT2D eigenvalue weighted by atomic mass is 10.0. The van der Waals surface area contributed by atoms with E-state index in [2.05, 4.69) is 32.3 Å². The molecule has 1 aliphatic heterocycles. The third-order valence-corrected chi connectivity index (χ3v) is 6.37. The Labute approximate surface area is 208 Å². The van der Waals surface area contributed by atoms with Crippen LogP contribution in [-0.2, 0) is 11.2 Å². The lowest BCUT2D eigenvalue weighted by molar-refractivity contribution is 0.0983. The molecule has 0 unspecified atom stereocenters. The number of hydrogen-bond acceptors (Lipinski definition) is 7. The van der Waals surface area contributed by atoms with Crippen molar-refractivity contribution in [1.29, 1.82) is 0 Å². The van der Waals surface area contributed by atoms with E-state index in [1.54, 1.807) is 18.5 Å². The fourth-order valence-corrected chi connectivity index (χ4v) is 4.42. The molecular weight excluding hydrogens is 462 g/mol. The number of nitrogens with zero attached hydrogens (tertiary/aromatic N) is 3. The number of ether oxygens (including phenoxy) is 1. The number of benzene rings is 2. The normalized spacial score (nSPS) is 13.7. The SMILES string of the molecule is Nc1nccc2cc(CCC(=O)c3cc(Cl)cnc3Nc3ccc(N4CCOCC4)cc3)ccc12. The number of nitrogens with one attached hydrogen (secondary N) is 1. The second-order valence-electron chi connectivity index (χ2n) is 8.50. The molecule has 35 heavy (non-hydrogen) atoms. The van der Waals surface area contributed by atoms with E-state index in [1.165, 1.54) is 0 Å². The summed E-state index contributed by atoms with van der Waals surface area (Å²) in [5.74, 6) is 0.974. The highest BCUT2D eigenvalue weighted by Crippen LogP contribution is 2.26. The molecule has 5 rings (SSSR count). The number of fused-ring (bicyclic) bond motifs is 1. The van der Waals surface area contributed by atoms with Gasteiger partial charge < -0.3 is 20.7 Å². The van der Waals surface area contributed by atoms with Crippen LogP contribution in [0.3, 0.4) is 0 Å². The number of pyridine rings is 2. The number of ketones is 1. The molecule has 3 N–H and O–H groups in total. The predicted octanol–water partition coefficient (Wildman–Crippen LogP) is 5.26. The van der Waals surface area contributed by atoms with Crippen molar-refractivity contribution in [3.63, 3.8) is 0 Å². The average Bonchev–Trinajstić information content (AvgIpc) is 2.89. The van der Waals surface area contributed by atoms with E-state index >= 15 is 0 Å². The van der Waals surface area contributed by atoms with Gasteiger partial charge in [0.1, 0.15) is 11.6 Å². The fraction of sp³-hybridized carbons (Fsp3) is 0.222. The zero-order valence-corrected chi connectivity index (χ0v) is 20.0.